The van der Waals surface area contributed by atoms with Crippen molar-refractivity contribution in [1.29, 1.82) is 0 Å². The number of nitrogens with zero attached hydrogens (tertiary/aromatic N) is 2. The summed E-state index contributed by atoms with van der Waals surface area (Å²) < 4.78 is 6.51. The number of rotatable bonds is 3. The van der Waals surface area contributed by atoms with Gasteiger partial charge in [-0.05, 0) is 24.3 Å². The van der Waals surface area contributed by atoms with Crippen molar-refractivity contribution in [1.82, 2.24) is 9.80 Å². The largest absolute Gasteiger partial charge is 0.451 e. The second-order valence-corrected chi connectivity index (χ2v) is 7.72. The van der Waals surface area contributed by atoms with Crippen LogP contribution in [-0.2, 0) is 6.54 Å². The quantitative estimate of drug-likeness (QED) is 0.705. The van der Waals surface area contributed by atoms with Gasteiger partial charge in [-0.1, -0.05) is 29.8 Å². The molecule has 0 atom stereocenters. The Kier molecular flexibility index (Phi) is 4.31. The van der Waals surface area contributed by atoms with E-state index in [1.54, 1.807) is 11.3 Å². The number of carbonyl (C=O) groups excluding carboxylic acids is 1. The van der Waals surface area contributed by atoms with Gasteiger partial charge in [-0.2, -0.15) is 0 Å². The van der Waals surface area contributed by atoms with E-state index in [0.29, 0.717) is 5.76 Å². The third-order valence-corrected chi connectivity index (χ3v) is 5.52. The summed E-state index contributed by atoms with van der Waals surface area (Å²) in [5.74, 6) is 0.403. The Morgan fingerprint density at radius 3 is 2.62 bits per heavy atom. The van der Waals surface area contributed by atoms with Gasteiger partial charge < -0.3 is 9.32 Å². The zero-order chi connectivity index (χ0) is 16.5. The average Bonchev–Trinajstić information content (AvgIpc) is 3.21. The molecular formula is C18H17ClN2O2S. The van der Waals surface area contributed by atoms with Gasteiger partial charge in [0.05, 0.1) is 4.34 Å². The lowest BCUT2D eigenvalue weighted by atomic mass is 10.2. The van der Waals surface area contributed by atoms with Crippen LogP contribution in [0.1, 0.15) is 15.4 Å². The molecule has 0 aliphatic carbocycles. The molecule has 1 aliphatic rings. The highest BCUT2D eigenvalue weighted by Gasteiger charge is 2.24. The number of thiophene rings is 1. The van der Waals surface area contributed by atoms with Crippen LogP contribution >= 0.6 is 22.9 Å². The minimum absolute atomic E-state index is 0.0231. The first kappa shape index (κ1) is 15.7. The number of para-hydroxylation sites is 1. The summed E-state index contributed by atoms with van der Waals surface area (Å²) in [4.78, 5) is 18.1. The first-order valence-corrected chi connectivity index (χ1v) is 9.13. The lowest BCUT2D eigenvalue weighted by Crippen LogP contribution is -2.48. The highest BCUT2D eigenvalue weighted by molar-refractivity contribution is 7.16. The molecule has 4 rings (SSSR count). The molecule has 3 aromatic rings. The molecular weight excluding hydrogens is 344 g/mol. The number of hydrogen-bond acceptors (Lipinski definition) is 4. The third kappa shape index (κ3) is 3.20. The summed E-state index contributed by atoms with van der Waals surface area (Å²) in [7, 11) is 0. The van der Waals surface area contributed by atoms with Gasteiger partial charge in [-0.25, -0.2) is 0 Å². The zero-order valence-electron chi connectivity index (χ0n) is 13.1. The molecule has 124 valence electrons. The second-order valence-electron chi connectivity index (χ2n) is 5.92. The molecule has 0 N–H and O–H groups in total. The van der Waals surface area contributed by atoms with Crippen molar-refractivity contribution in [3.8, 4) is 0 Å². The van der Waals surface area contributed by atoms with Crippen molar-refractivity contribution in [3.63, 3.8) is 0 Å². The molecule has 0 spiro atoms. The minimum atomic E-state index is -0.0231. The molecule has 6 heteroatoms. The van der Waals surface area contributed by atoms with E-state index in [1.807, 2.05) is 41.3 Å². The Bertz CT molecular complexity index is 832. The number of benzene rings is 1. The van der Waals surface area contributed by atoms with Crippen molar-refractivity contribution in [2.75, 3.05) is 26.2 Å². The standard InChI is InChI=1S/C18H17ClN2O2S/c19-17-6-5-14(24-17)12-20-7-9-21(10-8-20)18(22)16-11-13-3-1-2-4-15(13)23-16/h1-6,11H,7-10,12H2. The molecule has 2 aromatic heterocycles. The summed E-state index contributed by atoms with van der Waals surface area (Å²) in [5.41, 5.74) is 0.758. The monoisotopic (exact) mass is 360 g/mol. The van der Waals surface area contributed by atoms with E-state index >= 15 is 0 Å². The van der Waals surface area contributed by atoms with Crippen LogP contribution in [0.15, 0.2) is 46.9 Å². The molecule has 1 fully saturated rings. The van der Waals surface area contributed by atoms with Crippen LogP contribution in [0.2, 0.25) is 4.34 Å². The van der Waals surface area contributed by atoms with Crippen LogP contribution in [0.5, 0.6) is 0 Å². The predicted molar refractivity (Wildman–Crippen MR) is 96.7 cm³/mol. The van der Waals surface area contributed by atoms with E-state index in [0.717, 1.165) is 48.0 Å². The van der Waals surface area contributed by atoms with Crippen molar-refractivity contribution in [2.24, 2.45) is 0 Å². The van der Waals surface area contributed by atoms with Gasteiger partial charge in [0.25, 0.3) is 5.91 Å². The molecule has 1 aromatic carbocycles. The number of furan rings is 1. The van der Waals surface area contributed by atoms with Crippen molar-refractivity contribution < 1.29 is 9.21 Å². The number of carbonyl (C=O) groups is 1. The smallest absolute Gasteiger partial charge is 0.289 e. The lowest BCUT2D eigenvalue weighted by molar-refractivity contribution is 0.0601. The highest BCUT2D eigenvalue weighted by atomic mass is 35.5. The number of hydrogen-bond donors (Lipinski definition) is 0. The first-order chi connectivity index (χ1) is 11.7. The fourth-order valence-electron chi connectivity index (χ4n) is 3.01. The lowest BCUT2D eigenvalue weighted by Gasteiger charge is -2.34. The average molecular weight is 361 g/mol. The molecule has 1 aliphatic heterocycles. The Morgan fingerprint density at radius 1 is 1.12 bits per heavy atom. The Morgan fingerprint density at radius 2 is 1.92 bits per heavy atom. The number of amides is 1. The van der Waals surface area contributed by atoms with E-state index in [9.17, 15) is 4.79 Å². The molecule has 0 unspecified atom stereocenters. The Hall–Kier alpha value is -1.82. The SMILES string of the molecule is O=C(c1cc2ccccc2o1)N1CCN(Cc2ccc(Cl)s2)CC1. The maximum absolute atomic E-state index is 12.6. The summed E-state index contributed by atoms with van der Waals surface area (Å²) in [6, 6.07) is 13.5. The van der Waals surface area contributed by atoms with E-state index < -0.39 is 0 Å². The Balaban J connectivity index is 1.39. The predicted octanol–water partition coefficient (Wildman–Crippen LogP) is 4.11. The summed E-state index contributed by atoms with van der Waals surface area (Å²) in [6.45, 7) is 4.05. The molecule has 1 amide bonds. The van der Waals surface area contributed by atoms with Crippen LogP contribution in [0, 0.1) is 0 Å². The van der Waals surface area contributed by atoms with Gasteiger partial charge in [-0.3, -0.25) is 9.69 Å². The maximum Gasteiger partial charge on any atom is 0.289 e. The minimum Gasteiger partial charge on any atom is -0.451 e. The van der Waals surface area contributed by atoms with E-state index in [1.165, 1.54) is 4.88 Å². The molecule has 1 saturated heterocycles. The van der Waals surface area contributed by atoms with Crippen molar-refractivity contribution in [3.05, 3.63) is 57.4 Å². The van der Waals surface area contributed by atoms with E-state index in [4.69, 9.17) is 16.0 Å². The molecule has 0 saturated carbocycles. The van der Waals surface area contributed by atoms with Crippen LogP contribution in [0.3, 0.4) is 0 Å². The maximum atomic E-state index is 12.6. The normalized spacial score (nSPS) is 16.0. The molecule has 3 heterocycles. The van der Waals surface area contributed by atoms with Crippen LogP contribution < -0.4 is 0 Å². The second kappa shape index (κ2) is 6.59. The van der Waals surface area contributed by atoms with Gasteiger partial charge in [0.15, 0.2) is 5.76 Å². The molecule has 0 bridgehead atoms. The first-order valence-electron chi connectivity index (χ1n) is 7.93. The molecule has 24 heavy (non-hydrogen) atoms. The van der Waals surface area contributed by atoms with Crippen LogP contribution in [0.4, 0.5) is 0 Å². The number of halogens is 1. The Labute approximate surface area is 149 Å². The summed E-state index contributed by atoms with van der Waals surface area (Å²) in [5, 5.41) is 0.967. The van der Waals surface area contributed by atoms with Gasteiger partial charge in [0.2, 0.25) is 0 Å². The number of piperazine rings is 1. The van der Waals surface area contributed by atoms with Crippen LogP contribution in [0.25, 0.3) is 11.0 Å². The summed E-state index contributed by atoms with van der Waals surface area (Å²) >= 11 is 7.60. The van der Waals surface area contributed by atoms with Gasteiger partial charge in [0.1, 0.15) is 5.58 Å². The zero-order valence-corrected chi connectivity index (χ0v) is 14.6. The fraction of sp³-hybridized carbons (Fsp3) is 0.278. The van der Waals surface area contributed by atoms with Gasteiger partial charge >= 0.3 is 0 Å². The molecule has 0 radical (unpaired) electrons. The van der Waals surface area contributed by atoms with Gasteiger partial charge in [-0.15, -0.1) is 11.3 Å². The fourth-order valence-corrected chi connectivity index (χ4v) is 4.14. The summed E-state index contributed by atoms with van der Waals surface area (Å²) in [6.07, 6.45) is 0. The third-order valence-electron chi connectivity index (χ3n) is 4.30. The van der Waals surface area contributed by atoms with E-state index in [-0.39, 0.29) is 5.91 Å². The van der Waals surface area contributed by atoms with Gasteiger partial charge in [0, 0.05) is 43.0 Å². The van der Waals surface area contributed by atoms with E-state index in [2.05, 4.69) is 11.0 Å². The highest BCUT2D eigenvalue weighted by Crippen LogP contribution is 2.24. The van der Waals surface area contributed by atoms with Crippen molar-refractivity contribution >= 4 is 39.8 Å². The van der Waals surface area contributed by atoms with Crippen molar-refractivity contribution in [2.45, 2.75) is 6.54 Å². The van der Waals surface area contributed by atoms with Crippen LogP contribution in [-0.4, -0.2) is 41.9 Å². The molecule has 4 nitrogen and oxygen atoms in total. The number of fused-ring (bicyclic) bond motifs is 1. The topological polar surface area (TPSA) is 36.7 Å².